The molecule has 2 N–H and O–H groups in total. The monoisotopic (exact) mass is 264 g/mol. The van der Waals surface area contributed by atoms with E-state index in [-0.39, 0.29) is 11.7 Å². The average molecular weight is 264 g/mol. The van der Waals surface area contributed by atoms with Crippen molar-refractivity contribution >= 4 is 23.6 Å². The Morgan fingerprint density at radius 3 is 2.50 bits per heavy atom. The number of benzene rings is 1. The maximum Gasteiger partial charge on any atom is 0.327 e. The smallest absolute Gasteiger partial charge is 0.327 e. The number of hydrogen-bond donors (Lipinski definition) is 2. The molecule has 0 spiro atoms. The van der Waals surface area contributed by atoms with Gasteiger partial charge in [0.15, 0.2) is 0 Å². The standard InChI is InChI=1S/C12H12N2O3S/c1-8(15)14-11(12(16)17)7-18-10-4-2-9(6-13)3-5-10/h2-5,11H,7H2,1H3,(H,14,15)(H,16,17). The van der Waals surface area contributed by atoms with Gasteiger partial charge in [0.1, 0.15) is 6.04 Å². The number of aliphatic carboxylic acids is 1. The van der Waals surface area contributed by atoms with E-state index in [0.29, 0.717) is 5.56 Å². The van der Waals surface area contributed by atoms with Crippen LogP contribution in [-0.2, 0) is 9.59 Å². The second kappa shape index (κ2) is 6.67. The lowest BCUT2D eigenvalue weighted by molar-refractivity contribution is -0.140. The van der Waals surface area contributed by atoms with Crippen molar-refractivity contribution in [2.24, 2.45) is 0 Å². The average Bonchev–Trinajstić information content (AvgIpc) is 2.34. The fourth-order valence-electron chi connectivity index (χ4n) is 1.23. The minimum absolute atomic E-state index is 0.237. The predicted octanol–water partition coefficient (Wildman–Crippen LogP) is 1.24. The molecule has 0 aliphatic heterocycles. The van der Waals surface area contributed by atoms with Crippen molar-refractivity contribution in [3.63, 3.8) is 0 Å². The van der Waals surface area contributed by atoms with Crippen LogP contribution in [0.15, 0.2) is 29.2 Å². The summed E-state index contributed by atoms with van der Waals surface area (Å²) in [7, 11) is 0. The molecule has 0 saturated heterocycles. The quantitative estimate of drug-likeness (QED) is 0.781. The molecule has 0 aromatic heterocycles. The molecule has 1 amide bonds. The second-order valence-electron chi connectivity index (χ2n) is 3.54. The lowest BCUT2D eigenvalue weighted by Gasteiger charge is -2.12. The molecule has 0 fully saturated rings. The summed E-state index contributed by atoms with van der Waals surface area (Å²) < 4.78 is 0. The fraction of sp³-hybridized carbons (Fsp3) is 0.250. The van der Waals surface area contributed by atoms with Gasteiger partial charge in [-0.15, -0.1) is 11.8 Å². The Morgan fingerprint density at radius 2 is 2.06 bits per heavy atom. The second-order valence-corrected chi connectivity index (χ2v) is 4.63. The van der Waals surface area contributed by atoms with Crippen LogP contribution in [0.1, 0.15) is 12.5 Å². The first-order valence-corrected chi connectivity index (χ1v) is 6.14. The van der Waals surface area contributed by atoms with E-state index in [9.17, 15) is 9.59 Å². The van der Waals surface area contributed by atoms with Crippen molar-refractivity contribution in [1.29, 1.82) is 5.26 Å². The topological polar surface area (TPSA) is 90.2 Å². The highest BCUT2D eigenvalue weighted by Gasteiger charge is 2.18. The highest BCUT2D eigenvalue weighted by Crippen LogP contribution is 2.19. The third-order valence-corrected chi connectivity index (χ3v) is 3.18. The number of hydrogen-bond acceptors (Lipinski definition) is 4. The molecule has 6 heteroatoms. The third kappa shape index (κ3) is 4.47. The zero-order valence-corrected chi connectivity index (χ0v) is 10.5. The molecule has 1 rings (SSSR count). The number of carboxylic acid groups (broad SMARTS) is 1. The number of nitriles is 1. The van der Waals surface area contributed by atoms with Crippen LogP contribution in [0.5, 0.6) is 0 Å². The lowest BCUT2D eigenvalue weighted by atomic mass is 10.2. The van der Waals surface area contributed by atoms with Gasteiger partial charge in [0.05, 0.1) is 11.6 Å². The zero-order valence-electron chi connectivity index (χ0n) is 9.71. The number of carbonyl (C=O) groups is 2. The van der Waals surface area contributed by atoms with Gasteiger partial charge in [-0.2, -0.15) is 5.26 Å². The minimum Gasteiger partial charge on any atom is -0.480 e. The summed E-state index contributed by atoms with van der Waals surface area (Å²) in [5.74, 6) is -1.20. The Morgan fingerprint density at radius 1 is 1.44 bits per heavy atom. The SMILES string of the molecule is CC(=O)NC(CSc1ccc(C#N)cc1)C(=O)O. The normalized spacial score (nSPS) is 11.3. The van der Waals surface area contributed by atoms with Gasteiger partial charge in [0.2, 0.25) is 5.91 Å². The van der Waals surface area contributed by atoms with E-state index in [0.717, 1.165) is 4.90 Å². The highest BCUT2D eigenvalue weighted by molar-refractivity contribution is 7.99. The molecule has 0 bridgehead atoms. The molecular weight excluding hydrogens is 252 g/mol. The summed E-state index contributed by atoms with van der Waals surface area (Å²) in [4.78, 5) is 22.6. The number of nitrogens with zero attached hydrogens (tertiary/aromatic N) is 1. The molecule has 1 aromatic carbocycles. The predicted molar refractivity (Wildman–Crippen MR) is 67.1 cm³/mol. The van der Waals surface area contributed by atoms with Crippen molar-refractivity contribution in [3.05, 3.63) is 29.8 Å². The molecule has 1 aromatic rings. The van der Waals surface area contributed by atoms with Gasteiger partial charge in [-0.1, -0.05) is 0 Å². The van der Waals surface area contributed by atoms with Crippen LogP contribution >= 0.6 is 11.8 Å². The number of carboxylic acids is 1. The van der Waals surface area contributed by atoms with Gasteiger partial charge in [-0.25, -0.2) is 4.79 Å². The minimum atomic E-state index is -1.06. The maximum atomic E-state index is 10.9. The Labute approximate surface area is 109 Å². The number of carbonyl (C=O) groups excluding carboxylic acids is 1. The first-order chi connectivity index (χ1) is 8.52. The van der Waals surface area contributed by atoms with Gasteiger partial charge in [0.25, 0.3) is 0 Å². The van der Waals surface area contributed by atoms with Crippen molar-refractivity contribution < 1.29 is 14.7 Å². The molecule has 5 nitrogen and oxygen atoms in total. The largest absolute Gasteiger partial charge is 0.480 e. The Bertz CT molecular complexity index is 479. The van der Waals surface area contributed by atoms with Crippen molar-refractivity contribution in [1.82, 2.24) is 5.32 Å². The first-order valence-electron chi connectivity index (χ1n) is 5.16. The molecule has 1 atom stereocenters. The molecule has 0 saturated carbocycles. The summed E-state index contributed by atoms with van der Waals surface area (Å²) in [6.07, 6.45) is 0. The zero-order chi connectivity index (χ0) is 13.5. The van der Waals surface area contributed by atoms with Crippen LogP contribution in [0.25, 0.3) is 0 Å². The van der Waals surface area contributed by atoms with Crippen molar-refractivity contribution in [3.8, 4) is 6.07 Å². The third-order valence-electron chi connectivity index (χ3n) is 2.08. The van der Waals surface area contributed by atoms with Gasteiger partial charge in [-0.3, -0.25) is 4.79 Å². The fourth-order valence-corrected chi connectivity index (χ4v) is 2.14. The van der Waals surface area contributed by atoms with Crippen LogP contribution in [0.4, 0.5) is 0 Å². The molecule has 0 heterocycles. The van der Waals surface area contributed by atoms with Gasteiger partial charge in [0, 0.05) is 17.6 Å². The van der Waals surface area contributed by atoms with E-state index in [2.05, 4.69) is 5.32 Å². The molecule has 18 heavy (non-hydrogen) atoms. The lowest BCUT2D eigenvalue weighted by Crippen LogP contribution is -2.41. The van der Waals surface area contributed by atoms with E-state index in [4.69, 9.17) is 10.4 Å². The van der Waals surface area contributed by atoms with Gasteiger partial charge in [-0.05, 0) is 24.3 Å². The van der Waals surface area contributed by atoms with Crippen LogP contribution in [-0.4, -0.2) is 28.8 Å². The van der Waals surface area contributed by atoms with Crippen LogP contribution in [0.2, 0.25) is 0 Å². The van der Waals surface area contributed by atoms with Crippen molar-refractivity contribution in [2.45, 2.75) is 17.9 Å². The molecule has 1 unspecified atom stereocenters. The maximum absolute atomic E-state index is 10.9. The molecule has 0 aliphatic rings. The van der Waals surface area contributed by atoms with Crippen LogP contribution in [0.3, 0.4) is 0 Å². The Balaban J connectivity index is 2.58. The van der Waals surface area contributed by atoms with E-state index in [1.165, 1.54) is 18.7 Å². The number of thioether (sulfide) groups is 1. The molecule has 94 valence electrons. The van der Waals surface area contributed by atoms with E-state index < -0.39 is 12.0 Å². The van der Waals surface area contributed by atoms with E-state index in [1.807, 2.05) is 6.07 Å². The van der Waals surface area contributed by atoms with Crippen LogP contribution < -0.4 is 5.32 Å². The summed E-state index contributed by atoms with van der Waals surface area (Å²) in [6, 6.07) is 7.91. The Kier molecular flexibility index (Phi) is 5.21. The van der Waals surface area contributed by atoms with Gasteiger partial charge < -0.3 is 10.4 Å². The summed E-state index contributed by atoms with van der Waals surface area (Å²) >= 11 is 1.31. The summed E-state index contributed by atoms with van der Waals surface area (Å²) in [5, 5.41) is 19.9. The number of amides is 1. The highest BCUT2D eigenvalue weighted by atomic mass is 32.2. The number of nitrogens with one attached hydrogen (secondary N) is 1. The summed E-state index contributed by atoms with van der Waals surface area (Å²) in [5.41, 5.74) is 0.552. The molecule has 0 aliphatic carbocycles. The Hall–Kier alpha value is -2.00. The van der Waals surface area contributed by atoms with Gasteiger partial charge >= 0.3 is 5.97 Å². The molecule has 0 radical (unpaired) electrons. The van der Waals surface area contributed by atoms with Crippen LogP contribution in [0, 0.1) is 11.3 Å². The first kappa shape index (κ1) is 14.1. The van der Waals surface area contributed by atoms with Crippen molar-refractivity contribution in [2.75, 3.05) is 5.75 Å². The van der Waals surface area contributed by atoms with E-state index in [1.54, 1.807) is 24.3 Å². The molecular formula is C12H12N2O3S. The number of rotatable bonds is 5. The summed E-state index contributed by atoms with van der Waals surface area (Å²) in [6.45, 7) is 1.28. The van der Waals surface area contributed by atoms with E-state index >= 15 is 0 Å².